The monoisotopic (exact) mass is 442 g/mol. The Bertz CT molecular complexity index is 1120. The molecule has 1 aliphatic heterocycles. The predicted octanol–water partition coefficient (Wildman–Crippen LogP) is 3.81. The number of amides is 2. The number of thioether (sulfide) groups is 1. The number of carbonyl (C=O) groups is 2. The quantitative estimate of drug-likeness (QED) is 0.580. The van der Waals surface area contributed by atoms with E-state index in [0.717, 1.165) is 11.8 Å². The number of anilines is 2. The molecule has 0 bridgehead atoms. The van der Waals surface area contributed by atoms with Gasteiger partial charge >= 0.3 is 0 Å². The fourth-order valence-electron chi connectivity index (χ4n) is 3.06. The summed E-state index contributed by atoms with van der Waals surface area (Å²) >= 11 is 1.08. The van der Waals surface area contributed by atoms with E-state index >= 15 is 0 Å². The molecule has 10 heteroatoms. The number of benzene rings is 2. The van der Waals surface area contributed by atoms with Gasteiger partial charge in [0, 0.05) is 0 Å². The van der Waals surface area contributed by atoms with Crippen molar-refractivity contribution in [2.75, 3.05) is 16.8 Å². The Labute approximate surface area is 181 Å². The van der Waals surface area contributed by atoms with Crippen LogP contribution in [0.2, 0.25) is 0 Å². The second kappa shape index (κ2) is 8.76. The summed E-state index contributed by atoms with van der Waals surface area (Å²) in [5.74, 6) is -0.777. The highest BCUT2D eigenvalue weighted by Crippen LogP contribution is 2.32. The smallest absolute Gasteiger partial charge is 0.277 e. The highest BCUT2D eigenvalue weighted by Gasteiger charge is 2.31. The van der Waals surface area contributed by atoms with Gasteiger partial charge in [-0.2, -0.15) is 0 Å². The van der Waals surface area contributed by atoms with E-state index in [1.54, 1.807) is 50.2 Å². The van der Waals surface area contributed by atoms with Crippen molar-refractivity contribution in [2.45, 2.75) is 30.4 Å². The fourth-order valence-corrected chi connectivity index (χ4v) is 3.82. The second-order valence-electron chi connectivity index (χ2n) is 6.85. The lowest BCUT2D eigenvalue weighted by molar-refractivity contribution is -0.121. The molecule has 1 aliphatic rings. The van der Waals surface area contributed by atoms with E-state index in [9.17, 15) is 14.0 Å². The number of halogens is 1. The van der Waals surface area contributed by atoms with E-state index in [4.69, 9.17) is 9.15 Å². The molecule has 1 aromatic heterocycles. The Morgan fingerprint density at radius 2 is 1.94 bits per heavy atom. The Balaban J connectivity index is 1.43. The zero-order valence-electron chi connectivity index (χ0n) is 16.7. The number of hydrogen-bond acceptors (Lipinski definition) is 7. The third-order valence-corrected chi connectivity index (χ3v) is 5.49. The van der Waals surface area contributed by atoms with E-state index in [-0.39, 0.29) is 35.2 Å². The SMILES string of the molecule is C[C@@H](Sc1nnc([C@@H](C)Oc2ccccc2F)o1)C(=O)N1CC(=O)Nc2ccccc21. The number of nitrogens with one attached hydrogen (secondary N) is 1. The van der Waals surface area contributed by atoms with Crippen molar-refractivity contribution in [1.82, 2.24) is 10.2 Å². The average Bonchev–Trinajstić information content (AvgIpc) is 3.22. The molecule has 0 unspecified atom stereocenters. The molecule has 0 fully saturated rings. The van der Waals surface area contributed by atoms with Crippen molar-refractivity contribution in [3.63, 3.8) is 0 Å². The molecule has 3 aromatic rings. The van der Waals surface area contributed by atoms with Crippen molar-refractivity contribution in [3.8, 4) is 5.75 Å². The zero-order chi connectivity index (χ0) is 22.0. The lowest BCUT2D eigenvalue weighted by Crippen LogP contribution is -2.45. The number of para-hydroxylation sites is 3. The van der Waals surface area contributed by atoms with Gasteiger partial charge in [-0.3, -0.25) is 14.5 Å². The Kier molecular flexibility index (Phi) is 5.90. The van der Waals surface area contributed by atoms with E-state index < -0.39 is 17.2 Å². The first-order chi connectivity index (χ1) is 14.9. The Morgan fingerprint density at radius 1 is 1.19 bits per heavy atom. The first kappa shape index (κ1) is 20.9. The summed E-state index contributed by atoms with van der Waals surface area (Å²) in [5, 5.41) is 10.2. The Hall–Kier alpha value is -3.40. The van der Waals surface area contributed by atoms with Crippen LogP contribution in [0.4, 0.5) is 15.8 Å². The average molecular weight is 442 g/mol. The van der Waals surface area contributed by atoms with Gasteiger partial charge in [-0.25, -0.2) is 4.39 Å². The lowest BCUT2D eigenvalue weighted by Gasteiger charge is -2.30. The molecule has 31 heavy (non-hydrogen) atoms. The minimum Gasteiger partial charge on any atom is -0.478 e. The third-order valence-electron chi connectivity index (χ3n) is 4.57. The van der Waals surface area contributed by atoms with Crippen LogP contribution in [0.25, 0.3) is 0 Å². The van der Waals surface area contributed by atoms with Crippen LogP contribution in [0, 0.1) is 5.82 Å². The first-order valence-corrected chi connectivity index (χ1v) is 10.4. The molecule has 2 heterocycles. The van der Waals surface area contributed by atoms with Crippen LogP contribution in [-0.2, 0) is 9.59 Å². The van der Waals surface area contributed by atoms with Crippen LogP contribution in [-0.4, -0.2) is 33.8 Å². The lowest BCUT2D eigenvalue weighted by atomic mass is 10.2. The molecule has 0 saturated heterocycles. The summed E-state index contributed by atoms with van der Waals surface area (Å²) in [4.78, 5) is 26.4. The summed E-state index contributed by atoms with van der Waals surface area (Å²) in [7, 11) is 0. The maximum atomic E-state index is 13.8. The molecular weight excluding hydrogens is 423 g/mol. The van der Waals surface area contributed by atoms with Crippen molar-refractivity contribution in [2.24, 2.45) is 0 Å². The van der Waals surface area contributed by atoms with Gasteiger partial charge in [0.25, 0.3) is 11.1 Å². The highest BCUT2D eigenvalue weighted by molar-refractivity contribution is 8.00. The molecule has 2 atom stereocenters. The largest absolute Gasteiger partial charge is 0.478 e. The number of hydrogen-bond donors (Lipinski definition) is 1. The van der Waals surface area contributed by atoms with Crippen LogP contribution in [0.1, 0.15) is 25.8 Å². The van der Waals surface area contributed by atoms with E-state index in [2.05, 4.69) is 15.5 Å². The number of ether oxygens (including phenoxy) is 1. The molecular formula is C21H19FN4O4S. The number of fused-ring (bicyclic) bond motifs is 1. The van der Waals surface area contributed by atoms with E-state index in [1.807, 2.05) is 0 Å². The minimum atomic E-state index is -0.678. The predicted molar refractivity (Wildman–Crippen MR) is 112 cm³/mol. The second-order valence-corrected chi connectivity index (χ2v) is 8.14. The van der Waals surface area contributed by atoms with Crippen LogP contribution in [0.3, 0.4) is 0 Å². The standard InChI is InChI=1S/C21H19FN4O4S/c1-12(29-17-10-6-3-7-14(17)22)19-24-25-21(30-19)31-13(2)20(28)26-11-18(27)23-15-8-4-5-9-16(15)26/h3-10,12-13H,11H2,1-2H3,(H,23,27)/t12-,13-/m1/s1. The van der Waals surface area contributed by atoms with Crippen molar-refractivity contribution in [1.29, 1.82) is 0 Å². The molecule has 4 rings (SSSR count). The van der Waals surface area contributed by atoms with Crippen LogP contribution >= 0.6 is 11.8 Å². The van der Waals surface area contributed by atoms with Crippen molar-refractivity contribution < 1.29 is 23.1 Å². The molecule has 0 aliphatic carbocycles. The molecule has 0 spiro atoms. The minimum absolute atomic E-state index is 0.0661. The van der Waals surface area contributed by atoms with Gasteiger partial charge in [-0.05, 0) is 38.1 Å². The summed E-state index contributed by atoms with van der Waals surface area (Å²) in [5.41, 5.74) is 1.22. The summed E-state index contributed by atoms with van der Waals surface area (Å²) in [6.45, 7) is 3.29. The normalized spacial score (nSPS) is 15.1. The van der Waals surface area contributed by atoms with Crippen LogP contribution in [0.15, 0.2) is 58.2 Å². The van der Waals surface area contributed by atoms with Gasteiger partial charge in [-0.15, -0.1) is 10.2 Å². The fraction of sp³-hybridized carbons (Fsp3) is 0.238. The van der Waals surface area contributed by atoms with Crippen LogP contribution < -0.4 is 15.0 Å². The van der Waals surface area contributed by atoms with Gasteiger partial charge < -0.3 is 14.5 Å². The molecule has 160 valence electrons. The molecule has 0 saturated carbocycles. The van der Waals surface area contributed by atoms with Crippen molar-refractivity contribution in [3.05, 3.63) is 60.2 Å². The highest BCUT2D eigenvalue weighted by atomic mass is 32.2. The number of carbonyl (C=O) groups excluding carboxylic acids is 2. The molecule has 0 radical (unpaired) electrons. The van der Waals surface area contributed by atoms with Gasteiger partial charge in [0.2, 0.25) is 11.8 Å². The summed E-state index contributed by atoms with van der Waals surface area (Å²) in [6.07, 6.45) is -0.678. The topological polar surface area (TPSA) is 97.6 Å². The molecule has 2 amide bonds. The van der Waals surface area contributed by atoms with E-state index in [0.29, 0.717) is 11.4 Å². The number of rotatable bonds is 6. The summed E-state index contributed by atoms with van der Waals surface area (Å²) < 4.78 is 24.9. The Morgan fingerprint density at radius 3 is 2.74 bits per heavy atom. The number of aromatic nitrogens is 2. The molecule has 2 aromatic carbocycles. The van der Waals surface area contributed by atoms with Crippen LogP contribution in [0.5, 0.6) is 5.75 Å². The van der Waals surface area contributed by atoms with Gasteiger partial charge in [-0.1, -0.05) is 36.0 Å². The first-order valence-electron chi connectivity index (χ1n) is 9.54. The summed E-state index contributed by atoms with van der Waals surface area (Å²) in [6, 6.07) is 13.1. The third kappa shape index (κ3) is 4.53. The maximum absolute atomic E-state index is 13.8. The molecule has 8 nitrogen and oxygen atoms in total. The van der Waals surface area contributed by atoms with Gasteiger partial charge in [0.1, 0.15) is 6.54 Å². The van der Waals surface area contributed by atoms with Gasteiger partial charge in [0.15, 0.2) is 17.7 Å². The van der Waals surface area contributed by atoms with E-state index in [1.165, 1.54) is 17.0 Å². The van der Waals surface area contributed by atoms with Gasteiger partial charge in [0.05, 0.1) is 16.6 Å². The number of nitrogens with zero attached hydrogens (tertiary/aromatic N) is 3. The molecule has 1 N–H and O–H groups in total. The maximum Gasteiger partial charge on any atom is 0.277 e. The van der Waals surface area contributed by atoms with Crippen molar-refractivity contribution >= 4 is 35.0 Å². The zero-order valence-corrected chi connectivity index (χ0v) is 17.6.